The fourth-order valence-corrected chi connectivity index (χ4v) is 4.23. The molecule has 1 saturated heterocycles. The van der Waals surface area contributed by atoms with Crippen LogP contribution in [0.4, 0.5) is 13.2 Å². The number of imidazole rings is 1. The van der Waals surface area contributed by atoms with E-state index in [9.17, 15) is 13.2 Å². The van der Waals surface area contributed by atoms with Gasteiger partial charge in [-0.2, -0.15) is 31.7 Å². The Morgan fingerprint density at radius 3 is 2.76 bits per heavy atom. The molecular weight excluding hydrogens is 486 g/mol. The molecule has 181 valence electrons. The second kappa shape index (κ2) is 10.2. The molecule has 4 heterocycles. The van der Waals surface area contributed by atoms with Gasteiger partial charge in [-0.25, -0.2) is 12.1 Å². The summed E-state index contributed by atoms with van der Waals surface area (Å²) in [6, 6.07) is 10.7. The third-order valence-corrected chi connectivity index (χ3v) is 6.17. The van der Waals surface area contributed by atoms with Crippen LogP contribution in [0.25, 0.3) is 5.65 Å². The van der Waals surface area contributed by atoms with Crippen molar-refractivity contribution in [2.75, 3.05) is 26.3 Å². The van der Waals surface area contributed by atoms with E-state index in [0.717, 1.165) is 42.4 Å². The summed E-state index contributed by atoms with van der Waals surface area (Å²) < 4.78 is 51.1. The third-order valence-electron chi connectivity index (χ3n) is 6.17. The summed E-state index contributed by atoms with van der Waals surface area (Å²) >= 11 is 0. The molecule has 1 saturated carbocycles. The van der Waals surface area contributed by atoms with Gasteiger partial charge in [0.25, 0.3) is 0 Å². The van der Waals surface area contributed by atoms with Crippen LogP contribution in [0, 0.1) is 12.5 Å². The molecule has 5 nitrogen and oxygen atoms in total. The number of morpholine rings is 1. The van der Waals surface area contributed by atoms with Gasteiger partial charge in [0.2, 0.25) is 0 Å². The molecular formula is C25H26F3MnN3O2. The largest absolute Gasteiger partial charge is 2.00 e. The summed E-state index contributed by atoms with van der Waals surface area (Å²) in [4.78, 5) is 6.73. The van der Waals surface area contributed by atoms with Gasteiger partial charge < -0.3 is 13.9 Å². The Hall–Kier alpha value is -2.19. The molecule has 3 aromatic rings. The molecule has 3 aliphatic rings. The Balaban J connectivity index is 0.000000178. The number of pyridine rings is 1. The van der Waals surface area contributed by atoms with Crippen LogP contribution in [-0.4, -0.2) is 52.7 Å². The van der Waals surface area contributed by atoms with Crippen LogP contribution in [0.2, 0.25) is 0 Å². The fraction of sp³-hybridized carbons (Fsp3) is 0.440. The Bertz CT molecular complexity index is 1080. The molecule has 2 atom stereocenters. The second-order valence-corrected chi connectivity index (χ2v) is 8.80. The molecule has 0 spiro atoms. The van der Waals surface area contributed by atoms with E-state index in [1.807, 2.05) is 36.1 Å². The Kier molecular flexibility index (Phi) is 7.48. The van der Waals surface area contributed by atoms with Crippen molar-refractivity contribution in [2.24, 2.45) is 0 Å². The van der Waals surface area contributed by atoms with Gasteiger partial charge in [-0.3, -0.25) is 9.88 Å². The van der Waals surface area contributed by atoms with Crippen molar-refractivity contribution in [3.8, 4) is 5.75 Å². The molecule has 2 aromatic heterocycles. The monoisotopic (exact) mass is 512 g/mol. The number of halogens is 3. The predicted molar refractivity (Wildman–Crippen MR) is 117 cm³/mol. The minimum Gasteiger partial charge on any atom is -0.550 e. The third kappa shape index (κ3) is 5.71. The van der Waals surface area contributed by atoms with Crippen molar-refractivity contribution in [2.45, 2.75) is 44.0 Å². The SMILES string of the molecule is CC1CN(C2[CH-]c3ccc(C(F)(F)F)cc3OC2)CCO1.[Mn+2].[c-]1cccn2cc(C3CC3)nc12. The molecule has 0 amide bonds. The molecule has 2 aliphatic heterocycles. The van der Waals surface area contributed by atoms with Crippen LogP contribution >= 0.6 is 0 Å². The average molecular weight is 512 g/mol. The summed E-state index contributed by atoms with van der Waals surface area (Å²) in [5.74, 6) is 1.04. The van der Waals surface area contributed by atoms with Gasteiger partial charge >= 0.3 is 23.2 Å². The van der Waals surface area contributed by atoms with Crippen LogP contribution < -0.4 is 4.74 Å². The molecule has 1 aromatic carbocycles. The number of hydrogen-bond acceptors (Lipinski definition) is 4. The molecule has 1 aliphatic carbocycles. The van der Waals surface area contributed by atoms with Crippen molar-refractivity contribution in [3.05, 3.63) is 72.0 Å². The maximum atomic E-state index is 12.7. The number of ether oxygens (including phenoxy) is 2. The first-order valence-electron chi connectivity index (χ1n) is 11.3. The normalized spacial score (nSPS) is 22.5. The number of rotatable bonds is 2. The number of fused-ring (bicyclic) bond motifs is 2. The molecule has 6 rings (SSSR count). The second-order valence-electron chi connectivity index (χ2n) is 8.80. The van der Waals surface area contributed by atoms with Crippen LogP contribution in [0.1, 0.15) is 42.5 Å². The van der Waals surface area contributed by atoms with Crippen molar-refractivity contribution >= 4 is 5.65 Å². The summed E-state index contributed by atoms with van der Waals surface area (Å²) in [5.41, 5.74) is 2.23. The first-order valence-corrected chi connectivity index (χ1v) is 11.3. The van der Waals surface area contributed by atoms with Gasteiger partial charge in [-0.05, 0) is 19.8 Å². The molecule has 1 radical (unpaired) electrons. The zero-order valence-electron chi connectivity index (χ0n) is 18.8. The van der Waals surface area contributed by atoms with E-state index in [1.54, 1.807) is 0 Å². The van der Waals surface area contributed by atoms with Crippen molar-refractivity contribution in [1.29, 1.82) is 0 Å². The van der Waals surface area contributed by atoms with E-state index in [2.05, 4.69) is 22.1 Å². The van der Waals surface area contributed by atoms with Crippen LogP contribution in [-0.2, 0) is 28.0 Å². The first-order chi connectivity index (χ1) is 15.9. The molecule has 0 N–H and O–H groups in total. The molecule has 34 heavy (non-hydrogen) atoms. The van der Waals surface area contributed by atoms with E-state index in [4.69, 9.17) is 9.47 Å². The van der Waals surface area contributed by atoms with Crippen LogP contribution in [0.5, 0.6) is 5.75 Å². The molecule has 2 unspecified atom stereocenters. The van der Waals surface area contributed by atoms with Crippen LogP contribution in [0.3, 0.4) is 0 Å². The average Bonchev–Trinajstić information content (AvgIpc) is 3.57. The molecule has 0 bridgehead atoms. The van der Waals surface area contributed by atoms with Gasteiger partial charge in [0.05, 0.1) is 25.0 Å². The number of alkyl halides is 3. The standard InChI is InChI=1S/C15H17F3NO2.C10H9N2.Mn/c1-10-8-19(4-5-20-10)13-6-11-2-3-12(15(16,17)18)7-14(11)21-9-13;1-2-6-12-7-9(8-4-5-8)11-10(12)3-1;/h2-3,6-7,10,13H,4-5,8-9H2,1H3;1-2,6-8H,4-5H2;/q2*-1;+2. The van der Waals surface area contributed by atoms with E-state index < -0.39 is 11.7 Å². The summed E-state index contributed by atoms with van der Waals surface area (Å²) in [7, 11) is 0. The fourth-order valence-electron chi connectivity index (χ4n) is 4.23. The summed E-state index contributed by atoms with van der Waals surface area (Å²) in [6.45, 7) is 4.68. The van der Waals surface area contributed by atoms with Crippen molar-refractivity contribution in [3.63, 3.8) is 0 Å². The zero-order chi connectivity index (χ0) is 23.0. The molecule has 9 heteroatoms. The van der Waals surface area contributed by atoms with Gasteiger partial charge in [0.1, 0.15) is 0 Å². The van der Waals surface area contributed by atoms with Crippen molar-refractivity contribution < 1.29 is 39.7 Å². The Morgan fingerprint density at radius 1 is 1.24 bits per heavy atom. The number of benzene rings is 1. The van der Waals surface area contributed by atoms with E-state index >= 15 is 0 Å². The number of hydrogen-bond donors (Lipinski definition) is 0. The van der Waals surface area contributed by atoms with Gasteiger partial charge in [0, 0.05) is 48.2 Å². The number of aromatic nitrogens is 2. The quantitative estimate of drug-likeness (QED) is 0.367. The zero-order valence-corrected chi connectivity index (χ0v) is 19.9. The Morgan fingerprint density at radius 2 is 2.06 bits per heavy atom. The summed E-state index contributed by atoms with van der Waals surface area (Å²) in [6.07, 6.45) is 4.56. The Labute approximate surface area is 207 Å². The minimum absolute atomic E-state index is 0. The summed E-state index contributed by atoms with van der Waals surface area (Å²) in [5, 5.41) is 0. The van der Waals surface area contributed by atoms with Gasteiger partial charge in [0.15, 0.2) is 0 Å². The van der Waals surface area contributed by atoms with Gasteiger partial charge in [-0.1, -0.05) is 12.3 Å². The van der Waals surface area contributed by atoms with E-state index in [1.165, 1.54) is 24.6 Å². The predicted octanol–water partition coefficient (Wildman–Crippen LogP) is 4.75. The maximum absolute atomic E-state index is 12.7. The van der Waals surface area contributed by atoms with Crippen molar-refractivity contribution in [1.82, 2.24) is 14.3 Å². The maximum Gasteiger partial charge on any atom is 2.00 e. The minimum atomic E-state index is -4.34. The van der Waals surface area contributed by atoms with E-state index in [-0.39, 0.29) is 29.2 Å². The topological polar surface area (TPSA) is 39.0 Å². The van der Waals surface area contributed by atoms with Crippen LogP contribution in [0.15, 0.2) is 42.7 Å². The van der Waals surface area contributed by atoms with E-state index in [0.29, 0.717) is 19.0 Å². The smallest absolute Gasteiger partial charge is 0.550 e. The molecule has 2 fully saturated rings. The first kappa shape index (κ1) is 24.9. The van der Waals surface area contributed by atoms with Gasteiger partial charge in [-0.15, -0.1) is 11.6 Å². The number of nitrogens with zero attached hydrogens (tertiary/aromatic N) is 3.